The Bertz CT molecular complexity index is 1530. The summed E-state index contributed by atoms with van der Waals surface area (Å²) < 4.78 is 0.883. The van der Waals surface area contributed by atoms with Gasteiger partial charge in [-0.2, -0.15) is 5.10 Å². The molecule has 6 nitrogen and oxygen atoms in total. The van der Waals surface area contributed by atoms with Gasteiger partial charge in [-0.1, -0.05) is 76.1 Å². The molecule has 5 rings (SSSR count). The lowest BCUT2D eigenvalue weighted by Gasteiger charge is -2.22. The van der Waals surface area contributed by atoms with Crippen molar-refractivity contribution in [2.75, 3.05) is 6.61 Å². The maximum Gasteiger partial charge on any atom is 0.258 e. The minimum Gasteiger partial charge on any atom is -0.396 e. The maximum absolute atomic E-state index is 13.5. The van der Waals surface area contributed by atoms with Crippen molar-refractivity contribution in [1.82, 2.24) is 9.99 Å². The molecule has 2 N–H and O–H groups in total. The zero-order chi connectivity index (χ0) is 25.2. The van der Waals surface area contributed by atoms with Crippen molar-refractivity contribution in [3.8, 4) is 11.1 Å². The first-order chi connectivity index (χ1) is 17.5. The van der Waals surface area contributed by atoms with Crippen LogP contribution in [-0.2, 0) is 4.79 Å². The third-order valence-electron chi connectivity index (χ3n) is 6.31. The second-order valence-electron chi connectivity index (χ2n) is 8.61. The fraction of sp³-hybridized carbons (Fsp3) is 0.179. The summed E-state index contributed by atoms with van der Waals surface area (Å²) in [6.45, 7) is -0.0930. The van der Waals surface area contributed by atoms with Crippen LogP contribution in [0.4, 0.5) is 0 Å². The zero-order valence-electron chi connectivity index (χ0n) is 19.2. The number of aliphatic hydroxyl groups is 1. The molecule has 4 aromatic rings. The number of aromatic nitrogens is 1. The summed E-state index contributed by atoms with van der Waals surface area (Å²) in [5.41, 5.74) is 3.78. The highest BCUT2D eigenvalue weighted by atomic mass is 79.9. The molecule has 36 heavy (non-hydrogen) atoms. The normalized spacial score (nSPS) is 15.4. The Morgan fingerprint density at radius 1 is 1.08 bits per heavy atom. The molecule has 1 aliphatic rings. The van der Waals surface area contributed by atoms with E-state index in [0.717, 1.165) is 26.5 Å². The molecule has 182 valence electrons. The molecular formula is C28H23BrClN3O3. The molecule has 0 saturated carbocycles. The lowest BCUT2D eigenvalue weighted by molar-refractivity contribution is -0.133. The maximum atomic E-state index is 13.5. The third-order valence-corrected chi connectivity index (χ3v) is 7.14. The van der Waals surface area contributed by atoms with Gasteiger partial charge in [-0.05, 0) is 41.8 Å². The van der Waals surface area contributed by atoms with Crippen LogP contribution in [0.5, 0.6) is 0 Å². The van der Waals surface area contributed by atoms with E-state index in [1.807, 2.05) is 66.7 Å². The SMILES string of the molecule is O=C(CCCO)N1N=C(c2c(-c3ccccc3)c3cc(Br)ccc3[nH]c2=O)CC1c1ccccc1Cl. The number of pyridine rings is 1. The van der Waals surface area contributed by atoms with Crippen LogP contribution in [0, 0.1) is 0 Å². The number of hydrazone groups is 1. The van der Waals surface area contributed by atoms with Crippen LogP contribution in [0.3, 0.4) is 0 Å². The first kappa shape index (κ1) is 24.4. The van der Waals surface area contributed by atoms with E-state index in [1.165, 1.54) is 5.01 Å². The van der Waals surface area contributed by atoms with Crippen LogP contribution in [0.1, 0.15) is 36.4 Å². The first-order valence-electron chi connectivity index (χ1n) is 11.6. The number of aromatic amines is 1. The van der Waals surface area contributed by atoms with Gasteiger partial charge in [0, 0.05) is 45.4 Å². The van der Waals surface area contributed by atoms with Gasteiger partial charge in [-0.15, -0.1) is 0 Å². The minimum absolute atomic E-state index is 0.0930. The van der Waals surface area contributed by atoms with E-state index in [-0.39, 0.29) is 24.5 Å². The van der Waals surface area contributed by atoms with Gasteiger partial charge in [0.05, 0.1) is 17.3 Å². The first-order valence-corrected chi connectivity index (χ1v) is 12.8. The number of H-pyrrole nitrogens is 1. The molecule has 1 unspecified atom stereocenters. The van der Waals surface area contributed by atoms with Gasteiger partial charge >= 0.3 is 0 Å². The second kappa shape index (κ2) is 10.4. The highest BCUT2D eigenvalue weighted by molar-refractivity contribution is 9.10. The number of benzene rings is 3. The number of aliphatic hydroxyl groups excluding tert-OH is 1. The smallest absolute Gasteiger partial charge is 0.258 e. The molecule has 0 aliphatic carbocycles. The molecule has 1 amide bonds. The van der Waals surface area contributed by atoms with E-state index in [9.17, 15) is 14.7 Å². The van der Waals surface area contributed by atoms with Gasteiger partial charge in [0.2, 0.25) is 5.91 Å². The van der Waals surface area contributed by atoms with E-state index in [0.29, 0.717) is 34.7 Å². The fourth-order valence-corrected chi connectivity index (χ4v) is 5.29. The number of carbonyl (C=O) groups excluding carboxylic acids is 1. The summed E-state index contributed by atoms with van der Waals surface area (Å²) in [4.78, 5) is 29.7. The van der Waals surface area contributed by atoms with Crippen molar-refractivity contribution < 1.29 is 9.90 Å². The van der Waals surface area contributed by atoms with Gasteiger partial charge in [0.25, 0.3) is 5.56 Å². The van der Waals surface area contributed by atoms with Gasteiger partial charge in [-0.3, -0.25) is 9.59 Å². The van der Waals surface area contributed by atoms with E-state index in [4.69, 9.17) is 16.7 Å². The zero-order valence-corrected chi connectivity index (χ0v) is 21.6. The van der Waals surface area contributed by atoms with Gasteiger partial charge in [-0.25, -0.2) is 5.01 Å². The van der Waals surface area contributed by atoms with Crippen molar-refractivity contribution in [3.63, 3.8) is 0 Å². The lowest BCUT2D eigenvalue weighted by Crippen LogP contribution is -2.27. The molecule has 0 radical (unpaired) electrons. The van der Waals surface area contributed by atoms with Crippen LogP contribution in [0.15, 0.2) is 87.2 Å². The van der Waals surface area contributed by atoms with Crippen LogP contribution < -0.4 is 5.56 Å². The molecule has 0 bridgehead atoms. The quantitative estimate of drug-likeness (QED) is 0.298. The molecule has 1 aromatic heterocycles. The standard InChI is InChI=1S/C28H23BrClN3O3/c29-18-12-13-22-20(15-18)26(17-7-2-1-3-8-17)27(28(36)31-22)23-16-24(19-9-4-5-10-21(19)30)33(32-23)25(35)11-6-14-34/h1-5,7-10,12-13,15,24,34H,6,11,14,16H2,(H,31,36). The van der Waals surface area contributed by atoms with Gasteiger partial charge < -0.3 is 10.1 Å². The molecule has 1 atom stereocenters. The Morgan fingerprint density at radius 2 is 1.83 bits per heavy atom. The molecule has 8 heteroatoms. The van der Waals surface area contributed by atoms with Gasteiger partial charge in [0.1, 0.15) is 0 Å². The Kier molecular flexibility index (Phi) is 7.05. The van der Waals surface area contributed by atoms with E-state index in [2.05, 4.69) is 20.9 Å². The highest BCUT2D eigenvalue weighted by Gasteiger charge is 2.36. The summed E-state index contributed by atoms with van der Waals surface area (Å²) in [7, 11) is 0. The van der Waals surface area contributed by atoms with E-state index >= 15 is 0 Å². The number of rotatable bonds is 6. The molecule has 1 aliphatic heterocycles. The Morgan fingerprint density at radius 3 is 2.58 bits per heavy atom. The highest BCUT2D eigenvalue weighted by Crippen LogP contribution is 2.39. The second-order valence-corrected chi connectivity index (χ2v) is 9.94. The van der Waals surface area contributed by atoms with Crippen molar-refractivity contribution in [1.29, 1.82) is 0 Å². The molecule has 0 saturated heterocycles. The molecule has 0 fully saturated rings. The number of hydrogen-bond donors (Lipinski definition) is 2. The van der Waals surface area contributed by atoms with Crippen LogP contribution in [0.25, 0.3) is 22.0 Å². The number of amides is 1. The van der Waals surface area contributed by atoms with Crippen molar-refractivity contribution in [3.05, 3.63) is 104 Å². The molecular weight excluding hydrogens is 542 g/mol. The monoisotopic (exact) mass is 563 g/mol. The van der Waals surface area contributed by atoms with Gasteiger partial charge in [0.15, 0.2) is 0 Å². The molecule has 2 heterocycles. The number of fused-ring (bicyclic) bond motifs is 1. The largest absolute Gasteiger partial charge is 0.396 e. The number of hydrogen-bond acceptors (Lipinski definition) is 4. The number of nitrogens with one attached hydrogen (secondary N) is 1. The van der Waals surface area contributed by atoms with Crippen molar-refractivity contribution >= 4 is 50.1 Å². The summed E-state index contributed by atoms with van der Waals surface area (Å²) in [6, 6.07) is 22.3. The van der Waals surface area contributed by atoms with Crippen molar-refractivity contribution in [2.45, 2.75) is 25.3 Å². The molecule has 0 spiro atoms. The topological polar surface area (TPSA) is 85.8 Å². The number of halogens is 2. The predicted octanol–water partition coefficient (Wildman–Crippen LogP) is 6.06. The summed E-state index contributed by atoms with van der Waals surface area (Å²) in [5, 5.41) is 16.8. The Hall–Kier alpha value is -3.26. The van der Waals surface area contributed by atoms with Crippen LogP contribution in [-0.4, -0.2) is 33.3 Å². The summed E-state index contributed by atoms with van der Waals surface area (Å²) in [5.74, 6) is -0.231. The Labute approximate surface area is 221 Å². The summed E-state index contributed by atoms with van der Waals surface area (Å²) in [6.07, 6.45) is 0.799. The van der Waals surface area contributed by atoms with E-state index in [1.54, 1.807) is 6.07 Å². The minimum atomic E-state index is -0.457. The summed E-state index contributed by atoms with van der Waals surface area (Å²) >= 11 is 10.1. The van der Waals surface area contributed by atoms with Crippen LogP contribution in [0.2, 0.25) is 5.02 Å². The lowest BCUT2D eigenvalue weighted by atomic mass is 9.91. The molecule has 3 aromatic carbocycles. The average molecular weight is 565 g/mol. The van der Waals surface area contributed by atoms with Crippen LogP contribution >= 0.6 is 27.5 Å². The fourth-order valence-electron chi connectivity index (χ4n) is 4.67. The number of carbonyl (C=O) groups is 1. The van der Waals surface area contributed by atoms with E-state index < -0.39 is 6.04 Å². The van der Waals surface area contributed by atoms with Crippen molar-refractivity contribution in [2.24, 2.45) is 5.10 Å². The number of nitrogens with zero attached hydrogens (tertiary/aromatic N) is 2. The predicted molar refractivity (Wildman–Crippen MR) is 146 cm³/mol. The Balaban J connectivity index is 1.72. The average Bonchev–Trinajstić information content (AvgIpc) is 3.32. The third kappa shape index (κ3) is 4.62.